The van der Waals surface area contributed by atoms with Crippen LogP contribution in [0.4, 0.5) is 4.39 Å². The Hall–Kier alpha value is -2.37. The van der Waals surface area contributed by atoms with Crippen molar-refractivity contribution in [1.29, 1.82) is 0 Å². The minimum Gasteiger partial charge on any atom is -0.507 e. The highest BCUT2D eigenvalue weighted by Crippen LogP contribution is 2.26. The molecule has 6 heteroatoms. The van der Waals surface area contributed by atoms with Crippen LogP contribution >= 0.6 is 0 Å². The molecule has 1 fully saturated rings. The summed E-state index contributed by atoms with van der Waals surface area (Å²) in [5, 5.41) is 9.53. The topological polar surface area (TPSA) is 72.8 Å². The lowest BCUT2D eigenvalue weighted by Gasteiger charge is -2.29. The van der Waals surface area contributed by atoms with Crippen LogP contribution in [0.5, 0.6) is 5.75 Å². The quantitative estimate of drug-likeness (QED) is 0.476. The molecular weight excluding hydrogens is 255 g/mol. The lowest BCUT2D eigenvalue weighted by molar-refractivity contribution is -0.222. The van der Waals surface area contributed by atoms with Gasteiger partial charge in [0.05, 0.1) is 0 Å². The summed E-state index contributed by atoms with van der Waals surface area (Å²) in [5.41, 5.74) is -0.413. The summed E-state index contributed by atoms with van der Waals surface area (Å²) in [4.78, 5) is 23.3. The first-order chi connectivity index (χ1) is 8.78. The zero-order chi connectivity index (χ0) is 14.2. The van der Waals surface area contributed by atoms with Gasteiger partial charge in [-0.1, -0.05) is 0 Å². The van der Waals surface area contributed by atoms with Crippen molar-refractivity contribution < 1.29 is 28.6 Å². The zero-order valence-electron chi connectivity index (χ0n) is 10.3. The van der Waals surface area contributed by atoms with Crippen LogP contribution in [0.3, 0.4) is 0 Å². The number of hydrogen-bond donors (Lipinski definition) is 1. The highest BCUT2D eigenvalue weighted by atomic mass is 19.1. The SMILES string of the molecule is CC1(C)OC(=O)C(=Cc2cc(F)ccc2O)C(=O)O1. The maximum Gasteiger partial charge on any atom is 0.348 e. The van der Waals surface area contributed by atoms with Crippen LogP contribution in [-0.2, 0) is 19.1 Å². The molecule has 1 heterocycles. The second-order valence-corrected chi connectivity index (χ2v) is 4.44. The van der Waals surface area contributed by atoms with E-state index in [1.54, 1.807) is 0 Å². The van der Waals surface area contributed by atoms with E-state index in [4.69, 9.17) is 9.47 Å². The molecule has 2 rings (SSSR count). The molecule has 19 heavy (non-hydrogen) atoms. The van der Waals surface area contributed by atoms with Gasteiger partial charge >= 0.3 is 11.9 Å². The fourth-order valence-electron chi connectivity index (χ4n) is 1.57. The van der Waals surface area contributed by atoms with Crippen molar-refractivity contribution in [2.45, 2.75) is 19.6 Å². The molecule has 0 radical (unpaired) electrons. The Morgan fingerprint density at radius 2 is 1.79 bits per heavy atom. The van der Waals surface area contributed by atoms with Gasteiger partial charge in [-0.15, -0.1) is 0 Å². The number of rotatable bonds is 1. The number of carbonyl (C=O) groups excluding carboxylic acids is 2. The van der Waals surface area contributed by atoms with Crippen molar-refractivity contribution in [2.24, 2.45) is 0 Å². The van der Waals surface area contributed by atoms with Crippen molar-refractivity contribution in [1.82, 2.24) is 0 Å². The largest absolute Gasteiger partial charge is 0.507 e. The lowest BCUT2D eigenvalue weighted by Crippen LogP contribution is -2.41. The van der Waals surface area contributed by atoms with Crippen LogP contribution in [0.2, 0.25) is 0 Å². The third kappa shape index (κ3) is 2.73. The average Bonchev–Trinajstić information content (AvgIpc) is 2.26. The summed E-state index contributed by atoms with van der Waals surface area (Å²) in [6.07, 6.45) is 1.03. The molecule has 1 aromatic carbocycles. The predicted octanol–water partition coefficient (Wildman–Crippen LogP) is 1.75. The number of halogens is 1. The first-order valence-electron chi connectivity index (χ1n) is 5.45. The number of phenolic OH excluding ortho intramolecular Hbond substituents is 1. The molecule has 0 amide bonds. The van der Waals surface area contributed by atoms with Gasteiger partial charge in [-0.2, -0.15) is 0 Å². The summed E-state index contributed by atoms with van der Waals surface area (Å²) in [6, 6.07) is 3.16. The van der Waals surface area contributed by atoms with Crippen molar-refractivity contribution in [3.8, 4) is 5.75 Å². The monoisotopic (exact) mass is 266 g/mol. The van der Waals surface area contributed by atoms with Gasteiger partial charge < -0.3 is 14.6 Å². The van der Waals surface area contributed by atoms with E-state index >= 15 is 0 Å². The van der Waals surface area contributed by atoms with Crippen LogP contribution in [0.25, 0.3) is 6.08 Å². The predicted molar refractivity (Wildman–Crippen MR) is 62.3 cm³/mol. The smallest absolute Gasteiger partial charge is 0.348 e. The van der Waals surface area contributed by atoms with Crippen LogP contribution < -0.4 is 0 Å². The number of benzene rings is 1. The van der Waals surface area contributed by atoms with E-state index in [0.717, 1.165) is 24.3 Å². The fourth-order valence-corrected chi connectivity index (χ4v) is 1.57. The number of aromatic hydroxyl groups is 1. The standard InChI is InChI=1S/C13H11FO5/c1-13(2)18-11(16)9(12(17)19-13)6-7-5-8(14)3-4-10(7)15/h3-6,15H,1-2H3. The van der Waals surface area contributed by atoms with Gasteiger partial charge in [0, 0.05) is 19.4 Å². The highest BCUT2D eigenvalue weighted by Gasteiger charge is 2.38. The summed E-state index contributed by atoms with van der Waals surface area (Å²) in [6.45, 7) is 2.83. The molecule has 0 saturated carbocycles. The molecule has 100 valence electrons. The molecule has 1 aliphatic heterocycles. The Labute approximate surface area is 108 Å². The van der Waals surface area contributed by atoms with Crippen LogP contribution in [-0.4, -0.2) is 22.8 Å². The number of cyclic esters (lactones) is 2. The molecule has 5 nitrogen and oxygen atoms in total. The van der Waals surface area contributed by atoms with Gasteiger partial charge in [-0.3, -0.25) is 0 Å². The van der Waals surface area contributed by atoms with Gasteiger partial charge in [0.25, 0.3) is 5.79 Å². The lowest BCUT2D eigenvalue weighted by atomic mass is 10.1. The van der Waals surface area contributed by atoms with E-state index < -0.39 is 29.1 Å². The molecule has 0 aromatic heterocycles. The highest BCUT2D eigenvalue weighted by molar-refractivity contribution is 6.19. The van der Waals surface area contributed by atoms with Crippen molar-refractivity contribution in [2.75, 3.05) is 0 Å². The summed E-state index contributed by atoms with van der Waals surface area (Å²) < 4.78 is 22.8. The number of esters is 2. The number of phenols is 1. The van der Waals surface area contributed by atoms with Gasteiger partial charge in [0.15, 0.2) is 0 Å². The molecule has 1 N–H and O–H groups in total. The van der Waals surface area contributed by atoms with Gasteiger partial charge in [-0.05, 0) is 24.3 Å². The molecule has 1 aliphatic rings. The normalized spacial score (nSPS) is 17.7. The molecule has 1 aromatic rings. The molecular formula is C13H11FO5. The molecule has 0 bridgehead atoms. The second kappa shape index (κ2) is 4.38. The average molecular weight is 266 g/mol. The molecule has 0 unspecified atom stereocenters. The van der Waals surface area contributed by atoms with E-state index in [0.29, 0.717) is 0 Å². The summed E-state index contributed by atoms with van der Waals surface area (Å²) in [5.74, 6) is -3.98. The Balaban J connectivity index is 2.41. The van der Waals surface area contributed by atoms with E-state index in [1.165, 1.54) is 13.8 Å². The third-order valence-corrected chi connectivity index (χ3v) is 2.41. The minimum atomic E-state index is -1.34. The Morgan fingerprint density at radius 1 is 1.21 bits per heavy atom. The van der Waals surface area contributed by atoms with E-state index in [2.05, 4.69) is 0 Å². The molecule has 1 saturated heterocycles. The summed E-state index contributed by atoms with van der Waals surface area (Å²) >= 11 is 0. The van der Waals surface area contributed by atoms with Crippen molar-refractivity contribution >= 4 is 18.0 Å². The summed E-state index contributed by atoms with van der Waals surface area (Å²) in [7, 11) is 0. The zero-order valence-corrected chi connectivity index (χ0v) is 10.3. The Morgan fingerprint density at radius 3 is 2.37 bits per heavy atom. The minimum absolute atomic E-state index is 0.0105. The van der Waals surface area contributed by atoms with Gasteiger partial charge in [-0.25, -0.2) is 14.0 Å². The van der Waals surface area contributed by atoms with E-state index in [9.17, 15) is 19.1 Å². The molecule has 0 atom stereocenters. The van der Waals surface area contributed by atoms with Crippen molar-refractivity contribution in [3.05, 3.63) is 35.2 Å². The maximum absolute atomic E-state index is 13.0. The van der Waals surface area contributed by atoms with Gasteiger partial charge in [0.2, 0.25) is 0 Å². The fraction of sp³-hybridized carbons (Fsp3) is 0.231. The maximum atomic E-state index is 13.0. The Bertz CT molecular complexity index is 567. The number of ether oxygens (including phenoxy) is 2. The third-order valence-electron chi connectivity index (χ3n) is 2.41. The number of carbonyl (C=O) groups is 2. The van der Waals surface area contributed by atoms with E-state index in [-0.39, 0.29) is 11.3 Å². The van der Waals surface area contributed by atoms with Crippen LogP contribution in [0.1, 0.15) is 19.4 Å². The Kier molecular flexibility index (Phi) is 3.01. The number of hydrogen-bond acceptors (Lipinski definition) is 5. The first-order valence-corrected chi connectivity index (χ1v) is 5.45. The van der Waals surface area contributed by atoms with Crippen LogP contribution in [0.15, 0.2) is 23.8 Å². The van der Waals surface area contributed by atoms with Crippen LogP contribution in [0, 0.1) is 5.82 Å². The van der Waals surface area contributed by atoms with Crippen molar-refractivity contribution in [3.63, 3.8) is 0 Å². The first kappa shape index (κ1) is 13.1. The molecule has 0 aliphatic carbocycles. The van der Waals surface area contributed by atoms with Gasteiger partial charge in [0.1, 0.15) is 17.1 Å². The second-order valence-electron chi connectivity index (χ2n) is 4.44. The van der Waals surface area contributed by atoms with E-state index in [1.807, 2.05) is 0 Å². The molecule has 0 spiro atoms.